The van der Waals surface area contributed by atoms with E-state index in [1.165, 1.54) is 24.8 Å². The lowest BCUT2D eigenvalue weighted by Crippen LogP contribution is -2.54. The van der Waals surface area contributed by atoms with E-state index in [0.29, 0.717) is 31.0 Å². The van der Waals surface area contributed by atoms with Gasteiger partial charge in [-0.2, -0.15) is 0 Å². The van der Waals surface area contributed by atoms with Gasteiger partial charge in [-0.25, -0.2) is 9.59 Å². The smallest absolute Gasteiger partial charge is 0.328 e. The van der Waals surface area contributed by atoms with Crippen LogP contribution in [0.15, 0.2) is 36.4 Å². The van der Waals surface area contributed by atoms with Gasteiger partial charge in [0.15, 0.2) is 0 Å². The van der Waals surface area contributed by atoms with Crippen molar-refractivity contribution in [2.24, 2.45) is 5.92 Å². The molecule has 1 saturated carbocycles. The molecule has 3 N–H and O–H groups in total. The molecule has 200 valence electrons. The first-order valence-corrected chi connectivity index (χ1v) is 13.0. The number of benzene rings is 1. The van der Waals surface area contributed by atoms with Crippen LogP contribution in [0.3, 0.4) is 0 Å². The van der Waals surface area contributed by atoms with Gasteiger partial charge in [-0.15, -0.1) is 0 Å². The molecule has 8 nitrogen and oxygen atoms in total. The quantitative estimate of drug-likeness (QED) is 0.444. The van der Waals surface area contributed by atoms with Gasteiger partial charge in [0.05, 0.1) is 11.5 Å². The fraction of sp³-hybridized carbons (Fsp3) is 0.593. The number of halogens is 1. The van der Waals surface area contributed by atoms with Crippen molar-refractivity contribution in [3.8, 4) is 0 Å². The Labute approximate surface area is 218 Å². The van der Waals surface area contributed by atoms with Crippen LogP contribution >= 0.6 is 11.6 Å². The van der Waals surface area contributed by atoms with E-state index in [1.54, 1.807) is 0 Å². The molecule has 1 amide bonds. The molecular formula is C27H39ClN2O6. The van der Waals surface area contributed by atoms with Gasteiger partial charge in [0.25, 0.3) is 0 Å². The molecule has 1 heterocycles. The lowest BCUT2D eigenvalue weighted by atomic mass is 9.79. The number of rotatable bonds is 8. The summed E-state index contributed by atoms with van der Waals surface area (Å²) in [7, 11) is 1.93. The number of hydrogen-bond donors (Lipinski definition) is 3. The molecule has 1 saturated heterocycles. The molecule has 0 aromatic heterocycles. The number of hydrogen-bond acceptors (Lipinski definition) is 5. The van der Waals surface area contributed by atoms with E-state index in [4.69, 9.17) is 21.8 Å². The summed E-state index contributed by atoms with van der Waals surface area (Å²) in [6, 6.07) is 8.33. The van der Waals surface area contributed by atoms with Crippen molar-refractivity contribution in [3.05, 3.63) is 47.0 Å². The van der Waals surface area contributed by atoms with Gasteiger partial charge in [0.2, 0.25) is 5.91 Å². The zero-order valence-corrected chi connectivity index (χ0v) is 22.0. The molecule has 0 radical (unpaired) electrons. The third-order valence-electron chi connectivity index (χ3n) is 7.39. The largest absolute Gasteiger partial charge is 0.478 e. The van der Waals surface area contributed by atoms with Crippen molar-refractivity contribution in [2.45, 2.75) is 69.9 Å². The summed E-state index contributed by atoms with van der Waals surface area (Å²) in [5.41, 5.74) is 0.281. The summed E-state index contributed by atoms with van der Waals surface area (Å²) in [6.07, 6.45) is 9.24. The topological polar surface area (TPSA) is 118 Å². The van der Waals surface area contributed by atoms with Crippen LogP contribution < -0.4 is 0 Å². The molecule has 1 unspecified atom stereocenters. The van der Waals surface area contributed by atoms with Crippen molar-refractivity contribution in [3.63, 3.8) is 0 Å². The first-order chi connectivity index (χ1) is 17.0. The van der Waals surface area contributed by atoms with E-state index < -0.39 is 17.5 Å². The van der Waals surface area contributed by atoms with Gasteiger partial charge >= 0.3 is 11.9 Å². The van der Waals surface area contributed by atoms with Crippen LogP contribution in [-0.4, -0.2) is 81.3 Å². The number of nitrogens with zero attached hydrogens (tertiary/aromatic N) is 2. The maximum Gasteiger partial charge on any atom is 0.328 e. The van der Waals surface area contributed by atoms with Gasteiger partial charge < -0.3 is 25.1 Å². The highest BCUT2D eigenvalue weighted by molar-refractivity contribution is 6.31. The SMILES string of the molecule is CC(C(=O)N(C)C1CCCCC1)C1(O)CCN(CCc2ccccc2Cl)CC1.O=C(O)/C=C\C(=O)O. The molecule has 0 bridgehead atoms. The summed E-state index contributed by atoms with van der Waals surface area (Å²) >= 11 is 6.26. The Morgan fingerprint density at radius 2 is 1.64 bits per heavy atom. The monoisotopic (exact) mass is 522 g/mol. The van der Waals surface area contributed by atoms with Crippen LogP contribution in [0.1, 0.15) is 57.4 Å². The molecule has 1 aromatic carbocycles. The number of likely N-dealkylation sites (tertiary alicyclic amines) is 1. The number of carboxylic acids is 2. The first-order valence-electron chi connectivity index (χ1n) is 12.6. The van der Waals surface area contributed by atoms with Crippen molar-refractivity contribution in [1.29, 1.82) is 0 Å². The Morgan fingerprint density at radius 1 is 1.08 bits per heavy atom. The molecule has 3 rings (SSSR count). The lowest BCUT2D eigenvalue weighted by molar-refractivity contribution is -0.149. The maximum atomic E-state index is 13.0. The van der Waals surface area contributed by atoms with E-state index in [0.717, 1.165) is 43.9 Å². The summed E-state index contributed by atoms with van der Waals surface area (Å²) in [6.45, 7) is 4.50. The van der Waals surface area contributed by atoms with Crippen LogP contribution in [0.4, 0.5) is 0 Å². The Bertz CT molecular complexity index is 891. The van der Waals surface area contributed by atoms with Gasteiger partial charge in [0, 0.05) is 49.9 Å². The average molecular weight is 523 g/mol. The Morgan fingerprint density at radius 3 is 2.17 bits per heavy atom. The van der Waals surface area contributed by atoms with Crippen LogP contribution in [0.5, 0.6) is 0 Å². The van der Waals surface area contributed by atoms with Crippen LogP contribution in [0.2, 0.25) is 5.02 Å². The van der Waals surface area contributed by atoms with Gasteiger partial charge in [0.1, 0.15) is 0 Å². The van der Waals surface area contributed by atoms with Crippen molar-refractivity contribution < 1.29 is 29.7 Å². The van der Waals surface area contributed by atoms with Crippen molar-refractivity contribution >= 4 is 29.4 Å². The highest BCUT2D eigenvalue weighted by atomic mass is 35.5. The second kappa shape index (κ2) is 14.4. The lowest BCUT2D eigenvalue weighted by Gasteiger charge is -2.43. The molecule has 2 fully saturated rings. The Kier molecular flexibility index (Phi) is 11.9. The minimum Gasteiger partial charge on any atom is -0.478 e. The molecule has 2 aliphatic rings. The molecule has 9 heteroatoms. The first kappa shape index (κ1) is 29.8. The molecule has 1 aliphatic heterocycles. The third-order valence-corrected chi connectivity index (χ3v) is 7.76. The van der Waals surface area contributed by atoms with Crippen LogP contribution in [0.25, 0.3) is 0 Å². The predicted octanol–water partition coefficient (Wildman–Crippen LogP) is 3.85. The molecule has 36 heavy (non-hydrogen) atoms. The normalized spacial score (nSPS) is 19.2. The second-order valence-corrected chi connectivity index (χ2v) is 10.2. The van der Waals surface area contributed by atoms with Crippen molar-refractivity contribution in [2.75, 3.05) is 26.7 Å². The fourth-order valence-electron chi connectivity index (χ4n) is 4.90. The standard InChI is InChI=1S/C23H35ClN2O2.C4H4O4/c1-18(22(27)25(2)20-9-4-3-5-10-20)23(28)13-16-26(17-14-23)15-12-19-8-6-7-11-21(19)24;5-3(6)1-2-4(7)8/h6-8,11,18,20,28H,3-5,9-10,12-17H2,1-2H3;1-2H,(H,5,6)(H,7,8)/b;2-1-. The third kappa shape index (κ3) is 9.22. The summed E-state index contributed by atoms with van der Waals surface area (Å²) in [5, 5.41) is 27.7. The number of carboxylic acid groups (broad SMARTS) is 2. The highest BCUT2D eigenvalue weighted by Gasteiger charge is 2.42. The molecule has 1 aliphatic carbocycles. The minimum atomic E-state index is -1.26. The Hall–Kier alpha value is -2.42. The second-order valence-electron chi connectivity index (χ2n) is 9.76. The van der Waals surface area contributed by atoms with Crippen LogP contribution in [0, 0.1) is 5.92 Å². The highest BCUT2D eigenvalue weighted by Crippen LogP contribution is 2.33. The number of aliphatic hydroxyl groups is 1. The van der Waals surface area contributed by atoms with Crippen LogP contribution in [-0.2, 0) is 20.8 Å². The fourth-order valence-corrected chi connectivity index (χ4v) is 5.13. The number of carbonyl (C=O) groups excluding carboxylic acids is 1. The molecule has 1 atom stereocenters. The maximum absolute atomic E-state index is 13.0. The Balaban J connectivity index is 0.000000493. The summed E-state index contributed by atoms with van der Waals surface area (Å²) < 4.78 is 0. The summed E-state index contributed by atoms with van der Waals surface area (Å²) in [5.74, 6) is -2.75. The van der Waals surface area contributed by atoms with Gasteiger partial charge in [-0.1, -0.05) is 56.0 Å². The van der Waals surface area contributed by atoms with E-state index in [9.17, 15) is 19.5 Å². The molecule has 0 spiro atoms. The van der Waals surface area contributed by atoms with E-state index in [2.05, 4.69) is 11.0 Å². The zero-order chi connectivity index (χ0) is 26.7. The average Bonchev–Trinajstić information content (AvgIpc) is 2.87. The van der Waals surface area contributed by atoms with Gasteiger partial charge in [-0.3, -0.25) is 4.79 Å². The van der Waals surface area contributed by atoms with E-state index in [-0.39, 0.29) is 11.8 Å². The number of amides is 1. The number of carbonyl (C=O) groups is 3. The van der Waals surface area contributed by atoms with E-state index >= 15 is 0 Å². The number of piperidine rings is 1. The zero-order valence-electron chi connectivity index (χ0n) is 21.2. The van der Waals surface area contributed by atoms with E-state index in [1.807, 2.05) is 37.1 Å². The molecular weight excluding hydrogens is 484 g/mol. The number of aliphatic carboxylic acids is 2. The van der Waals surface area contributed by atoms with Gasteiger partial charge in [-0.05, 0) is 43.7 Å². The predicted molar refractivity (Wildman–Crippen MR) is 139 cm³/mol. The summed E-state index contributed by atoms with van der Waals surface area (Å²) in [4.78, 5) is 36.4. The van der Waals surface area contributed by atoms with Crippen molar-refractivity contribution in [1.82, 2.24) is 9.80 Å². The minimum absolute atomic E-state index is 0.110. The molecule has 1 aromatic rings.